The molecule has 3 heteroatoms. The summed E-state index contributed by atoms with van der Waals surface area (Å²) in [6.07, 6.45) is 6.13. The molecule has 1 N–H and O–H groups in total. The van der Waals surface area contributed by atoms with Crippen LogP contribution in [0.15, 0.2) is 18.2 Å². The zero-order valence-corrected chi connectivity index (χ0v) is 13.5. The van der Waals surface area contributed by atoms with Crippen molar-refractivity contribution in [1.29, 1.82) is 0 Å². The normalized spacial score (nSPS) is 25.8. The van der Waals surface area contributed by atoms with Gasteiger partial charge in [-0.15, -0.1) is 0 Å². The van der Waals surface area contributed by atoms with Crippen LogP contribution in [0.1, 0.15) is 51.5 Å². The monoisotopic (exact) mass is 293 g/mol. The SMILES string of the molecule is CCCC1CCC(NCC)C(Oc2ccc(C)c(F)c2)C1. The Hall–Kier alpha value is -1.09. The molecule has 2 nitrogen and oxygen atoms in total. The Kier molecular flexibility index (Phi) is 6.04. The zero-order valence-electron chi connectivity index (χ0n) is 13.5. The lowest BCUT2D eigenvalue weighted by atomic mass is 9.81. The van der Waals surface area contributed by atoms with Gasteiger partial charge in [0, 0.05) is 12.1 Å². The van der Waals surface area contributed by atoms with Gasteiger partial charge in [0.05, 0.1) is 0 Å². The van der Waals surface area contributed by atoms with Crippen molar-refractivity contribution in [2.75, 3.05) is 6.54 Å². The molecule has 1 aromatic carbocycles. The minimum absolute atomic E-state index is 0.150. The van der Waals surface area contributed by atoms with Gasteiger partial charge in [-0.25, -0.2) is 4.39 Å². The smallest absolute Gasteiger partial charge is 0.129 e. The van der Waals surface area contributed by atoms with Crippen molar-refractivity contribution in [2.24, 2.45) is 5.92 Å². The van der Waals surface area contributed by atoms with Gasteiger partial charge in [-0.1, -0.05) is 32.8 Å². The topological polar surface area (TPSA) is 21.3 Å². The second kappa shape index (κ2) is 7.79. The predicted octanol–water partition coefficient (Wildman–Crippen LogP) is 4.46. The number of aryl methyl sites for hydroxylation is 1. The number of ether oxygens (including phenoxy) is 1. The van der Waals surface area contributed by atoms with Gasteiger partial charge < -0.3 is 10.1 Å². The van der Waals surface area contributed by atoms with Crippen molar-refractivity contribution >= 4 is 0 Å². The molecule has 21 heavy (non-hydrogen) atoms. The van der Waals surface area contributed by atoms with E-state index in [2.05, 4.69) is 19.2 Å². The van der Waals surface area contributed by atoms with Crippen molar-refractivity contribution in [3.8, 4) is 5.75 Å². The molecule has 118 valence electrons. The molecule has 0 spiro atoms. The van der Waals surface area contributed by atoms with Crippen LogP contribution in [0.5, 0.6) is 5.75 Å². The molecule has 1 saturated carbocycles. The molecule has 2 rings (SSSR count). The molecule has 0 radical (unpaired) electrons. The number of likely N-dealkylation sites (N-methyl/N-ethyl adjacent to an activating group) is 1. The minimum atomic E-state index is -0.187. The van der Waals surface area contributed by atoms with Crippen molar-refractivity contribution in [1.82, 2.24) is 5.32 Å². The van der Waals surface area contributed by atoms with Crippen LogP contribution in [-0.4, -0.2) is 18.7 Å². The van der Waals surface area contributed by atoms with Gasteiger partial charge in [0.25, 0.3) is 0 Å². The van der Waals surface area contributed by atoms with Crippen LogP contribution in [0.25, 0.3) is 0 Å². The van der Waals surface area contributed by atoms with E-state index in [1.807, 2.05) is 6.07 Å². The molecule has 3 atom stereocenters. The van der Waals surface area contributed by atoms with Gasteiger partial charge in [0.15, 0.2) is 0 Å². The molecule has 0 heterocycles. The summed E-state index contributed by atoms with van der Waals surface area (Å²) in [5, 5.41) is 3.52. The molecule has 0 aliphatic heterocycles. The maximum Gasteiger partial charge on any atom is 0.129 e. The Morgan fingerprint density at radius 2 is 2.10 bits per heavy atom. The van der Waals surface area contributed by atoms with Crippen molar-refractivity contribution in [2.45, 2.75) is 65.0 Å². The van der Waals surface area contributed by atoms with Crippen LogP contribution in [0, 0.1) is 18.7 Å². The number of halogens is 1. The standard InChI is InChI=1S/C18H28FNO/c1-4-6-14-8-10-17(20-5-2)18(11-14)21-15-9-7-13(3)16(19)12-15/h7,9,12,14,17-18,20H,4-6,8,10-11H2,1-3H3. The summed E-state index contributed by atoms with van der Waals surface area (Å²) in [7, 11) is 0. The first-order valence-corrected chi connectivity index (χ1v) is 8.30. The lowest BCUT2D eigenvalue weighted by Gasteiger charge is -2.36. The number of nitrogens with one attached hydrogen (secondary N) is 1. The van der Waals surface area contributed by atoms with E-state index in [0.717, 1.165) is 25.3 Å². The molecule has 0 saturated heterocycles. The van der Waals surface area contributed by atoms with Gasteiger partial charge >= 0.3 is 0 Å². The highest BCUT2D eigenvalue weighted by Crippen LogP contribution is 2.31. The van der Waals surface area contributed by atoms with E-state index in [1.54, 1.807) is 13.0 Å². The fourth-order valence-electron chi connectivity index (χ4n) is 3.33. The number of benzene rings is 1. The van der Waals surface area contributed by atoms with Crippen molar-refractivity contribution < 1.29 is 9.13 Å². The third-order valence-corrected chi connectivity index (χ3v) is 4.49. The lowest BCUT2D eigenvalue weighted by molar-refractivity contribution is 0.0837. The van der Waals surface area contributed by atoms with Gasteiger partial charge in [0.2, 0.25) is 0 Å². The summed E-state index contributed by atoms with van der Waals surface area (Å²) in [5.41, 5.74) is 0.665. The first kappa shape index (κ1) is 16.3. The molecular weight excluding hydrogens is 265 g/mol. The van der Waals surface area contributed by atoms with Gasteiger partial charge in [-0.05, 0) is 50.3 Å². The van der Waals surface area contributed by atoms with Crippen LogP contribution in [0.3, 0.4) is 0 Å². The Morgan fingerprint density at radius 1 is 1.29 bits per heavy atom. The highest BCUT2D eigenvalue weighted by molar-refractivity contribution is 5.28. The summed E-state index contributed by atoms with van der Waals surface area (Å²) in [6.45, 7) is 7.09. The average Bonchev–Trinajstić information content (AvgIpc) is 2.46. The maximum atomic E-state index is 13.7. The molecule has 1 fully saturated rings. The van der Waals surface area contributed by atoms with E-state index in [1.165, 1.54) is 25.3 Å². The summed E-state index contributed by atoms with van der Waals surface area (Å²) in [6, 6.07) is 5.57. The number of rotatable bonds is 6. The molecular formula is C18H28FNO. The van der Waals surface area contributed by atoms with E-state index >= 15 is 0 Å². The fourth-order valence-corrected chi connectivity index (χ4v) is 3.33. The van der Waals surface area contributed by atoms with Crippen molar-refractivity contribution in [3.63, 3.8) is 0 Å². The average molecular weight is 293 g/mol. The predicted molar refractivity (Wildman–Crippen MR) is 85.3 cm³/mol. The minimum Gasteiger partial charge on any atom is -0.489 e. The fraction of sp³-hybridized carbons (Fsp3) is 0.667. The molecule has 1 aliphatic carbocycles. The van der Waals surface area contributed by atoms with Crippen LogP contribution < -0.4 is 10.1 Å². The van der Waals surface area contributed by atoms with E-state index < -0.39 is 0 Å². The number of hydrogen-bond acceptors (Lipinski definition) is 2. The summed E-state index contributed by atoms with van der Waals surface area (Å²) < 4.78 is 19.8. The summed E-state index contributed by atoms with van der Waals surface area (Å²) in [5.74, 6) is 1.21. The molecule has 0 aromatic heterocycles. The van der Waals surface area contributed by atoms with Crippen LogP contribution in [0.2, 0.25) is 0 Å². The third kappa shape index (κ3) is 4.44. The lowest BCUT2D eigenvalue weighted by Crippen LogP contribution is -2.47. The second-order valence-corrected chi connectivity index (χ2v) is 6.20. The first-order chi connectivity index (χ1) is 10.1. The molecule has 1 aliphatic rings. The zero-order chi connectivity index (χ0) is 15.2. The Bertz CT molecular complexity index is 449. The van der Waals surface area contributed by atoms with E-state index in [4.69, 9.17) is 4.74 Å². The quantitative estimate of drug-likeness (QED) is 0.836. The van der Waals surface area contributed by atoms with Crippen LogP contribution in [0.4, 0.5) is 4.39 Å². The van der Waals surface area contributed by atoms with Crippen LogP contribution >= 0.6 is 0 Å². The maximum absolute atomic E-state index is 13.7. The third-order valence-electron chi connectivity index (χ3n) is 4.49. The van der Waals surface area contributed by atoms with E-state index in [9.17, 15) is 4.39 Å². The molecule has 1 aromatic rings. The Morgan fingerprint density at radius 3 is 2.76 bits per heavy atom. The first-order valence-electron chi connectivity index (χ1n) is 8.30. The number of hydrogen-bond donors (Lipinski definition) is 1. The molecule has 0 amide bonds. The molecule has 0 bridgehead atoms. The van der Waals surface area contributed by atoms with Gasteiger partial charge in [-0.3, -0.25) is 0 Å². The molecule has 3 unspecified atom stereocenters. The highest BCUT2D eigenvalue weighted by Gasteiger charge is 2.31. The van der Waals surface area contributed by atoms with Crippen LogP contribution in [-0.2, 0) is 0 Å². The van der Waals surface area contributed by atoms with E-state index in [-0.39, 0.29) is 11.9 Å². The van der Waals surface area contributed by atoms with Gasteiger partial charge in [0.1, 0.15) is 17.7 Å². The Balaban J connectivity index is 2.05. The summed E-state index contributed by atoms with van der Waals surface area (Å²) in [4.78, 5) is 0. The summed E-state index contributed by atoms with van der Waals surface area (Å²) >= 11 is 0. The van der Waals surface area contributed by atoms with E-state index in [0.29, 0.717) is 17.4 Å². The van der Waals surface area contributed by atoms with Gasteiger partial charge in [-0.2, -0.15) is 0 Å². The largest absolute Gasteiger partial charge is 0.489 e. The Labute approximate surface area is 128 Å². The van der Waals surface area contributed by atoms with Crippen molar-refractivity contribution in [3.05, 3.63) is 29.6 Å². The second-order valence-electron chi connectivity index (χ2n) is 6.20. The highest BCUT2D eigenvalue weighted by atomic mass is 19.1.